The van der Waals surface area contributed by atoms with Gasteiger partial charge >= 0.3 is 6.03 Å². The van der Waals surface area contributed by atoms with Crippen LogP contribution in [0.25, 0.3) is 10.3 Å². The number of anilines is 1. The summed E-state index contributed by atoms with van der Waals surface area (Å²) < 4.78 is 0. The first kappa shape index (κ1) is 15.4. The molecule has 3 aromatic heterocycles. The minimum atomic E-state index is -0.278. The molecule has 0 fully saturated rings. The van der Waals surface area contributed by atoms with Gasteiger partial charge in [-0.15, -0.1) is 0 Å². The zero-order valence-electron chi connectivity index (χ0n) is 13.0. The molecular formula is C16H17N5OS. The summed E-state index contributed by atoms with van der Waals surface area (Å²) in [5.41, 5.74) is 3.92. The average molecular weight is 327 g/mol. The van der Waals surface area contributed by atoms with Crippen LogP contribution in [0, 0.1) is 6.92 Å². The van der Waals surface area contributed by atoms with Crippen LogP contribution in [0.15, 0.2) is 30.6 Å². The maximum absolute atomic E-state index is 12.0. The first-order valence-corrected chi connectivity index (χ1v) is 8.18. The molecule has 3 aromatic rings. The van der Waals surface area contributed by atoms with Crippen molar-refractivity contribution in [3.05, 3.63) is 47.4 Å². The highest BCUT2D eigenvalue weighted by atomic mass is 32.1. The molecule has 2 N–H and O–H groups in total. The summed E-state index contributed by atoms with van der Waals surface area (Å²) in [7, 11) is 0. The van der Waals surface area contributed by atoms with Gasteiger partial charge in [-0.3, -0.25) is 10.3 Å². The summed E-state index contributed by atoms with van der Waals surface area (Å²) in [6.45, 7) is 4.45. The van der Waals surface area contributed by atoms with Crippen LogP contribution in [0.5, 0.6) is 0 Å². The Hall–Kier alpha value is -2.54. The van der Waals surface area contributed by atoms with Crippen molar-refractivity contribution in [1.82, 2.24) is 20.3 Å². The molecule has 0 aliphatic heterocycles. The van der Waals surface area contributed by atoms with Crippen LogP contribution in [0.4, 0.5) is 9.93 Å². The third-order valence-corrected chi connectivity index (χ3v) is 4.32. The molecule has 0 aromatic carbocycles. The SMILES string of the molecule is CCc1cnccc1CNC(=O)Nc1nc2ccc(C)nc2s1. The lowest BCUT2D eigenvalue weighted by Gasteiger charge is -2.08. The minimum Gasteiger partial charge on any atom is -0.334 e. The summed E-state index contributed by atoms with van der Waals surface area (Å²) in [6.07, 6.45) is 4.45. The second-order valence-corrected chi connectivity index (χ2v) is 6.08. The van der Waals surface area contributed by atoms with Crippen molar-refractivity contribution in [1.29, 1.82) is 0 Å². The number of hydrogen-bond donors (Lipinski definition) is 2. The van der Waals surface area contributed by atoms with E-state index in [-0.39, 0.29) is 6.03 Å². The van der Waals surface area contributed by atoms with E-state index in [0.29, 0.717) is 11.7 Å². The Bertz CT molecular complexity index is 845. The summed E-state index contributed by atoms with van der Waals surface area (Å²) >= 11 is 1.36. The molecule has 0 aliphatic carbocycles. The van der Waals surface area contributed by atoms with Crippen LogP contribution in [0.1, 0.15) is 23.7 Å². The van der Waals surface area contributed by atoms with Crippen molar-refractivity contribution in [3.63, 3.8) is 0 Å². The van der Waals surface area contributed by atoms with Crippen LogP contribution in [-0.4, -0.2) is 21.0 Å². The molecule has 3 heterocycles. The van der Waals surface area contributed by atoms with E-state index >= 15 is 0 Å². The van der Waals surface area contributed by atoms with Gasteiger partial charge in [0.1, 0.15) is 10.3 Å². The second-order valence-electron chi connectivity index (χ2n) is 5.10. The zero-order chi connectivity index (χ0) is 16.2. The lowest BCUT2D eigenvalue weighted by Crippen LogP contribution is -2.28. The number of thiazole rings is 1. The van der Waals surface area contributed by atoms with Crippen molar-refractivity contribution >= 4 is 32.8 Å². The number of nitrogens with one attached hydrogen (secondary N) is 2. The molecule has 6 nitrogen and oxygen atoms in total. The Balaban J connectivity index is 1.64. The number of aromatic nitrogens is 3. The van der Waals surface area contributed by atoms with Gasteiger partial charge in [-0.25, -0.2) is 14.8 Å². The van der Waals surface area contributed by atoms with Gasteiger partial charge in [0.15, 0.2) is 5.13 Å². The van der Waals surface area contributed by atoms with Gasteiger partial charge in [0.25, 0.3) is 0 Å². The molecule has 0 unspecified atom stereocenters. The monoisotopic (exact) mass is 327 g/mol. The third kappa shape index (κ3) is 3.62. The highest BCUT2D eigenvalue weighted by Crippen LogP contribution is 2.24. The normalized spacial score (nSPS) is 10.7. The zero-order valence-corrected chi connectivity index (χ0v) is 13.8. The number of carbonyl (C=O) groups is 1. The maximum Gasteiger partial charge on any atom is 0.321 e. The largest absolute Gasteiger partial charge is 0.334 e. The smallest absolute Gasteiger partial charge is 0.321 e. The van der Waals surface area contributed by atoms with E-state index in [1.54, 1.807) is 6.20 Å². The molecule has 23 heavy (non-hydrogen) atoms. The number of rotatable bonds is 4. The first-order valence-electron chi connectivity index (χ1n) is 7.36. The van der Waals surface area contributed by atoms with Crippen LogP contribution in [-0.2, 0) is 13.0 Å². The van der Waals surface area contributed by atoms with Gasteiger partial charge in [-0.1, -0.05) is 18.3 Å². The molecule has 118 valence electrons. The van der Waals surface area contributed by atoms with Gasteiger partial charge in [-0.05, 0) is 42.7 Å². The molecule has 0 saturated carbocycles. The molecule has 3 rings (SSSR count). The molecule has 0 radical (unpaired) electrons. The number of nitrogens with zero attached hydrogens (tertiary/aromatic N) is 3. The Labute approximate surface area is 138 Å². The summed E-state index contributed by atoms with van der Waals surface area (Å²) in [5, 5.41) is 6.15. The van der Waals surface area contributed by atoms with Crippen molar-refractivity contribution in [3.8, 4) is 0 Å². The number of pyridine rings is 2. The van der Waals surface area contributed by atoms with Crippen molar-refractivity contribution < 1.29 is 4.79 Å². The second kappa shape index (κ2) is 6.70. The van der Waals surface area contributed by atoms with Gasteiger partial charge in [0.2, 0.25) is 0 Å². The quantitative estimate of drug-likeness (QED) is 0.770. The molecule has 0 saturated heterocycles. The minimum absolute atomic E-state index is 0.278. The highest BCUT2D eigenvalue weighted by Gasteiger charge is 2.09. The fourth-order valence-electron chi connectivity index (χ4n) is 2.23. The summed E-state index contributed by atoms with van der Waals surface area (Å²) in [6, 6.07) is 5.45. The van der Waals surface area contributed by atoms with Gasteiger partial charge in [-0.2, -0.15) is 0 Å². The number of urea groups is 1. The molecule has 0 spiro atoms. The van der Waals surface area contributed by atoms with E-state index in [9.17, 15) is 4.79 Å². The number of carbonyl (C=O) groups excluding carboxylic acids is 1. The lowest BCUT2D eigenvalue weighted by atomic mass is 10.1. The third-order valence-electron chi connectivity index (χ3n) is 3.44. The summed E-state index contributed by atoms with van der Waals surface area (Å²) in [5.74, 6) is 0. The average Bonchev–Trinajstić information content (AvgIpc) is 2.94. The number of amides is 2. The van der Waals surface area contributed by atoms with E-state index in [1.165, 1.54) is 11.3 Å². The number of fused-ring (bicyclic) bond motifs is 1. The molecule has 0 aliphatic rings. The van der Waals surface area contributed by atoms with E-state index in [1.807, 2.05) is 31.3 Å². The number of hydrogen-bond acceptors (Lipinski definition) is 5. The number of aryl methyl sites for hydroxylation is 2. The van der Waals surface area contributed by atoms with Crippen LogP contribution >= 0.6 is 11.3 Å². The molecule has 7 heteroatoms. The maximum atomic E-state index is 12.0. The fraction of sp³-hybridized carbons (Fsp3) is 0.250. The predicted molar refractivity (Wildman–Crippen MR) is 91.6 cm³/mol. The van der Waals surface area contributed by atoms with Crippen LogP contribution < -0.4 is 10.6 Å². The van der Waals surface area contributed by atoms with Crippen molar-refractivity contribution in [2.75, 3.05) is 5.32 Å². The van der Waals surface area contributed by atoms with Crippen molar-refractivity contribution in [2.24, 2.45) is 0 Å². The van der Waals surface area contributed by atoms with E-state index in [0.717, 1.165) is 33.6 Å². The highest BCUT2D eigenvalue weighted by molar-refractivity contribution is 7.21. The summed E-state index contributed by atoms with van der Waals surface area (Å²) in [4.78, 5) is 25.7. The first-order chi connectivity index (χ1) is 11.2. The Morgan fingerprint density at radius 2 is 2.09 bits per heavy atom. The van der Waals surface area contributed by atoms with E-state index in [2.05, 4.69) is 32.5 Å². The molecule has 2 amide bonds. The van der Waals surface area contributed by atoms with Crippen molar-refractivity contribution in [2.45, 2.75) is 26.8 Å². The Kier molecular flexibility index (Phi) is 4.47. The molecule has 0 atom stereocenters. The van der Waals surface area contributed by atoms with Gasteiger partial charge < -0.3 is 5.32 Å². The van der Waals surface area contributed by atoms with Crippen LogP contribution in [0.3, 0.4) is 0 Å². The van der Waals surface area contributed by atoms with Gasteiger partial charge in [0.05, 0.1) is 0 Å². The van der Waals surface area contributed by atoms with E-state index in [4.69, 9.17) is 0 Å². The lowest BCUT2D eigenvalue weighted by molar-refractivity contribution is 0.251. The van der Waals surface area contributed by atoms with Crippen LogP contribution in [0.2, 0.25) is 0 Å². The van der Waals surface area contributed by atoms with E-state index < -0.39 is 0 Å². The molecular weight excluding hydrogens is 310 g/mol. The Morgan fingerprint density at radius 1 is 1.22 bits per heavy atom. The predicted octanol–water partition coefficient (Wildman–Crippen LogP) is 3.28. The molecule has 0 bridgehead atoms. The standard InChI is InChI=1S/C16H17N5OS/c1-3-11-8-17-7-6-12(11)9-18-15(22)21-16-20-13-5-4-10(2)19-14(13)23-16/h4-8H,3,9H2,1-2H3,(H2,18,20,21,22). The van der Waals surface area contributed by atoms with Gasteiger partial charge in [0, 0.05) is 24.6 Å². The fourth-order valence-corrected chi connectivity index (χ4v) is 3.11. The Morgan fingerprint density at radius 3 is 2.91 bits per heavy atom. The topological polar surface area (TPSA) is 79.8 Å².